The lowest BCUT2D eigenvalue weighted by molar-refractivity contribution is -0.117. The lowest BCUT2D eigenvalue weighted by Crippen LogP contribution is -2.40. The molecule has 3 rings (SSSR count). The van der Waals surface area contributed by atoms with Crippen LogP contribution in [-0.2, 0) is 16.0 Å². The number of nitrogens with one attached hydrogen (secondary N) is 2. The minimum atomic E-state index is -0.557. The number of amides is 3. The van der Waals surface area contributed by atoms with E-state index in [-0.39, 0.29) is 24.4 Å². The van der Waals surface area contributed by atoms with Gasteiger partial charge in [0.2, 0.25) is 5.91 Å². The molecule has 1 aliphatic heterocycles. The van der Waals surface area contributed by atoms with Crippen molar-refractivity contribution in [2.45, 2.75) is 59.1 Å². The Bertz CT molecular complexity index is 1020. The Morgan fingerprint density at radius 1 is 1.00 bits per heavy atom. The standard InChI is InChI=1S/C26H33N3O4/c1-17-6-7-22-16-21(12-13-23(22)29(17)18(2)30)19-8-10-20(11-9-19)24(31)27-14-15-28-25(32)33-26(3,4)5/h8-13,16-17H,6-7,14-15H2,1-5H3,(H,27,31)(H,28,32)/t17-/m0/s1. The molecule has 2 N–H and O–H groups in total. The lowest BCUT2D eigenvalue weighted by atomic mass is 9.93. The van der Waals surface area contributed by atoms with Gasteiger partial charge in [0.25, 0.3) is 5.91 Å². The molecule has 2 aromatic carbocycles. The Morgan fingerprint density at radius 2 is 1.64 bits per heavy atom. The first-order valence-electron chi connectivity index (χ1n) is 11.3. The molecule has 0 aliphatic carbocycles. The fourth-order valence-electron chi connectivity index (χ4n) is 3.98. The van der Waals surface area contributed by atoms with Gasteiger partial charge in [-0.25, -0.2) is 4.79 Å². The number of rotatable bonds is 5. The molecule has 2 aromatic rings. The summed E-state index contributed by atoms with van der Waals surface area (Å²) in [6.45, 7) is 9.66. The fourth-order valence-corrected chi connectivity index (χ4v) is 3.98. The van der Waals surface area contributed by atoms with Crippen molar-refractivity contribution < 1.29 is 19.1 Å². The van der Waals surface area contributed by atoms with Gasteiger partial charge in [-0.2, -0.15) is 0 Å². The zero-order valence-corrected chi connectivity index (χ0v) is 20.0. The zero-order chi connectivity index (χ0) is 24.2. The molecule has 0 aromatic heterocycles. The van der Waals surface area contributed by atoms with Crippen LogP contribution in [0.2, 0.25) is 0 Å². The Labute approximate surface area is 195 Å². The van der Waals surface area contributed by atoms with Crippen LogP contribution in [0.15, 0.2) is 42.5 Å². The first-order valence-corrected chi connectivity index (χ1v) is 11.3. The molecule has 0 radical (unpaired) electrons. The van der Waals surface area contributed by atoms with E-state index in [0.29, 0.717) is 12.1 Å². The van der Waals surface area contributed by atoms with Crippen LogP contribution in [0.3, 0.4) is 0 Å². The number of aryl methyl sites for hydroxylation is 1. The molecular formula is C26H33N3O4. The smallest absolute Gasteiger partial charge is 0.407 e. The summed E-state index contributed by atoms with van der Waals surface area (Å²) < 4.78 is 5.16. The molecule has 3 amide bonds. The van der Waals surface area contributed by atoms with Crippen LogP contribution in [0.4, 0.5) is 10.5 Å². The van der Waals surface area contributed by atoms with E-state index in [1.807, 2.05) is 29.2 Å². The second-order valence-electron chi connectivity index (χ2n) is 9.38. The molecule has 1 heterocycles. The number of fused-ring (bicyclic) bond motifs is 1. The molecule has 7 heteroatoms. The second-order valence-corrected chi connectivity index (χ2v) is 9.38. The number of nitrogens with zero attached hydrogens (tertiary/aromatic N) is 1. The number of hydrogen-bond acceptors (Lipinski definition) is 4. The van der Waals surface area contributed by atoms with Crippen molar-refractivity contribution in [2.24, 2.45) is 0 Å². The number of alkyl carbamates (subject to hydrolysis) is 1. The molecule has 0 spiro atoms. The van der Waals surface area contributed by atoms with Gasteiger partial charge in [0, 0.05) is 37.3 Å². The first kappa shape index (κ1) is 24.3. The molecule has 33 heavy (non-hydrogen) atoms. The third-order valence-electron chi connectivity index (χ3n) is 5.51. The fraction of sp³-hybridized carbons (Fsp3) is 0.423. The molecule has 1 atom stereocenters. The van der Waals surface area contributed by atoms with Gasteiger partial charge < -0.3 is 20.3 Å². The highest BCUT2D eigenvalue weighted by molar-refractivity contribution is 5.95. The van der Waals surface area contributed by atoms with Crippen LogP contribution in [0.1, 0.15) is 57.0 Å². The van der Waals surface area contributed by atoms with Crippen molar-refractivity contribution in [2.75, 3.05) is 18.0 Å². The molecule has 0 fully saturated rings. The second kappa shape index (κ2) is 10.1. The van der Waals surface area contributed by atoms with Crippen molar-refractivity contribution >= 4 is 23.6 Å². The summed E-state index contributed by atoms with van der Waals surface area (Å²) in [5.41, 5.74) is 4.21. The van der Waals surface area contributed by atoms with Crippen LogP contribution in [0.25, 0.3) is 11.1 Å². The van der Waals surface area contributed by atoms with Crippen LogP contribution in [0, 0.1) is 0 Å². The van der Waals surface area contributed by atoms with Crippen LogP contribution in [0.5, 0.6) is 0 Å². The minimum Gasteiger partial charge on any atom is -0.444 e. The number of hydrogen-bond donors (Lipinski definition) is 2. The number of carbonyl (C=O) groups is 3. The van der Waals surface area contributed by atoms with E-state index in [1.165, 1.54) is 5.56 Å². The maximum Gasteiger partial charge on any atom is 0.407 e. The summed E-state index contributed by atoms with van der Waals surface area (Å²) in [4.78, 5) is 38.0. The molecule has 7 nitrogen and oxygen atoms in total. The average molecular weight is 452 g/mol. The van der Waals surface area contributed by atoms with E-state index in [4.69, 9.17) is 4.74 Å². The van der Waals surface area contributed by atoms with Gasteiger partial charge in [-0.3, -0.25) is 9.59 Å². The Balaban J connectivity index is 1.58. The monoisotopic (exact) mass is 451 g/mol. The van der Waals surface area contributed by atoms with Crippen LogP contribution < -0.4 is 15.5 Å². The minimum absolute atomic E-state index is 0.0628. The number of ether oxygens (including phenoxy) is 1. The van der Waals surface area contributed by atoms with Crippen LogP contribution >= 0.6 is 0 Å². The van der Waals surface area contributed by atoms with Crippen molar-refractivity contribution in [3.05, 3.63) is 53.6 Å². The maximum absolute atomic E-state index is 12.4. The summed E-state index contributed by atoms with van der Waals surface area (Å²) >= 11 is 0. The Kier molecular flexibility index (Phi) is 7.41. The quantitative estimate of drug-likeness (QED) is 0.664. The van der Waals surface area contributed by atoms with E-state index < -0.39 is 11.7 Å². The van der Waals surface area contributed by atoms with Gasteiger partial charge >= 0.3 is 6.09 Å². The van der Waals surface area contributed by atoms with Gasteiger partial charge in [-0.15, -0.1) is 0 Å². The van der Waals surface area contributed by atoms with Gasteiger partial charge in [0.1, 0.15) is 5.60 Å². The molecule has 0 unspecified atom stereocenters. The van der Waals surface area contributed by atoms with Crippen molar-refractivity contribution in [3.8, 4) is 11.1 Å². The Hall–Kier alpha value is -3.35. The summed E-state index contributed by atoms with van der Waals surface area (Å²) in [5.74, 6) is -0.142. The normalized spacial score (nSPS) is 15.4. The highest BCUT2D eigenvalue weighted by Crippen LogP contribution is 2.34. The Morgan fingerprint density at radius 3 is 2.27 bits per heavy atom. The number of benzene rings is 2. The molecule has 0 saturated heterocycles. The summed E-state index contributed by atoms with van der Waals surface area (Å²) in [7, 11) is 0. The molecule has 1 aliphatic rings. The van der Waals surface area contributed by atoms with Gasteiger partial charge in [0.05, 0.1) is 0 Å². The topological polar surface area (TPSA) is 87.7 Å². The third-order valence-corrected chi connectivity index (χ3v) is 5.51. The van der Waals surface area contributed by atoms with E-state index >= 15 is 0 Å². The largest absolute Gasteiger partial charge is 0.444 e. The highest BCUT2D eigenvalue weighted by atomic mass is 16.6. The van der Waals surface area contributed by atoms with Gasteiger partial charge in [-0.05, 0) is 81.5 Å². The van der Waals surface area contributed by atoms with Crippen LogP contribution in [-0.4, -0.2) is 42.6 Å². The van der Waals surface area contributed by atoms with Crippen molar-refractivity contribution in [3.63, 3.8) is 0 Å². The molecule has 0 saturated carbocycles. The lowest BCUT2D eigenvalue weighted by Gasteiger charge is -2.34. The number of carbonyl (C=O) groups excluding carboxylic acids is 3. The molecular weight excluding hydrogens is 418 g/mol. The predicted octanol–water partition coefficient (Wildman–Crippen LogP) is 4.30. The SMILES string of the molecule is CC(=O)N1c2ccc(-c3ccc(C(=O)NCCNC(=O)OC(C)(C)C)cc3)cc2CC[C@@H]1C. The number of anilines is 1. The van der Waals surface area contributed by atoms with Gasteiger partial charge in [-0.1, -0.05) is 18.2 Å². The predicted molar refractivity (Wildman–Crippen MR) is 129 cm³/mol. The van der Waals surface area contributed by atoms with Gasteiger partial charge in [0.15, 0.2) is 0 Å². The maximum atomic E-state index is 12.4. The molecule has 176 valence electrons. The summed E-state index contributed by atoms with van der Waals surface area (Å²) in [5, 5.41) is 5.40. The third kappa shape index (κ3) is 6.34. The van der Waals surface area contributed by atoms with Crippen molar-refractivity contribution in [1.82, 2.24) is 10.6 Å². The summed E-state index contributed by atoms with van der Waals surface area (Å²) in [6, 6.07) is 13.8. The highest BCUT2D eigenvalue weighted by Gasteiger charge is 2.26. The molecule has 0 bridgehead atoms. The first-order chi connectivity index (χ1) is 15.5. The van der Waals surface area contributed by atoms with E-state index in [0.717, 1.165) is 29.7 Å². The average Bonchev–Trinajstić information content (AvgIpc) is 2.74. The van der Waals surface area contributed by atoms with E-state index in [1.54, 1.807) is 39.8 Å². The van der Waals surface area contributed by atoms with Crippen molar-refractivity contribution in [1.29, 1.82) is 0 Å². The summed E-state index contributed by atoms with van der Waals surface area (Å²) in [6.07, 6.45) is 1.37. The zero-order valence-electron chi connectivity index (χ0n) is 20.0. The van der Waals surface area contributed by atoms with E-state index in [2.05, 4.69) is 23.6 Å². The van der Waals surface area contributed by atoms with E-state index in [9.17, 15) is 14.4 Å².